The van der Waals surface area contributed by atoms with E-state index in [-0.39, 0.29) is 17.0 Å². The maximum atomic E-state index is 12.3. The highest BCUT2D eigenvalue weighted by atomic mass is 19.4. The number of hydrogen-bond acceptors (Lipinski definition) is 4. The molecule has 0 aliphatic carbocycles. The van der Waals surface area contributed by atoms with Gasteiger partial charge in [0.1, 0.15) is 11.3 Å². The maximum Gasteiger partial charge on any atom is 0.451 e. The molecule has 0 saturated carbocycles. The first-order chi connectivity index (χ1) is 6.88. The van der Waals surface area contributed by atoms with Gasteiger partial charge in [-0.15, -0.1) is 0 Å². The number of aromatic amines is 1. The summed E-state index contributed by atoms with van der Waals surface area (Å²) < 4.78 is 36.9. The van der Waals surface area contributed by atoms with Crippen molar-refractivity contribution < 1.29 is 13.2 Å². The Kier molecular flexibility index (Phi) is 1.82. The molecule has 0 aromatic carbocycles. The molecule has 0 bridgehead atoms. The summed E-state index contributed by atoms with van der Waals surface area (Å²) in [5.74, 6) is -1.10. The molecule has 0 atom stereocenters. The van der Waals surface area contributed by atoms with Gasteiger partial charge in [0.15, 0.2) is 11.5 Å². The number of halogens is 3. The van der Waals surface area contributed by atoms with Gasteiger partial charge in [0, 0.05) is 0 Å². The fourth-order valence-corrected chi connectivity index (χ4v) is 1.16. The summed E-state index contributed by atoms with van der Waals surface area (Å²) in [7, 11) is 0. The van der Waals surface area contributed by atoms with Crippen molar-refractivity contribution in [1.82, 2.24) is 19.9 Å². The van der Waals surface area contributed by atoms with Crippen molar-refractivity contribution in [2.24, 2.45) is 0 Å². The van der Waals surface area contributed by atoms with Crippen molar-refractivity contribution in [1.29, 1.82) is 0 Å². The summed E-state index contributed by atoms with van der Waals surface area (Å²) in [6.45, 7) is 1.59. The van der Waals surface area contributed by atoms with Gasteiger partial charge in [-0.05, 0) is 6.92 Å². The lowest BCUT2D eigenvalue weighted by Crippen LogP contribution is -2.12. The number of H-pyrrole nitrogens is 1. The smallest absolute Gasteiger partial charge is 0.382 e. The van der Waals surface area contributed by atoms with Gasteiger partial charge in [0.2, 0.25) is 5.82 Å². The monoisotopic (exact) mass is 217 g/mol. The zero-order valence-corrected chi connectivity index (χ0v) is 7.55. The summed E-state index contributed by atoms with van der Waals surface area (Å²) >= 11 is 0. The first kappa shape index (κ1) is 9.69. The molecule has 2 rings (SSSR count). The number of anilines is 1. The number of rotatable bonds is 0. The number of aromatic nitrogens is 4. The van der Waals surface area contributed by atoms with E-state index in [0.717, 1.165) is 0 Å². The quantitative estimate of drug-likeness (QED) is 0.696. The van der Waals surface area contributed by atoms with Crippen molar-refractivity contribution in [3.05, 3.63) is 11.6 Å². The molecule has 0 aliphatic rings. The van der Waals surface area contributed by atoms with Gasteiger partial charge >= 0.3 is 6.18 Å². The Balaban J connectivity index is 2.72. The van der Waals surface area contributed by atoms with E-state index in [9.17, 15) is 13.2 Å². The predicted molar refractivity (Wildman–Crippen MR) is 45.8 cm³/mol. The van der Waals surface area contributed by atoms with E-state index in [0.29, 0.717) is 5.82 Å². The lowest BCUT2D eigenvalue weighted by Gasteiger charge is -2.04. The number of nitrogens with zero attached hydrogens (tertiary/aromatic N) is 3. The molecule has 0 amide bonds. The van der Waals surface area contributed by atoms with Crippen molar-refractivity contribution in [2.45, 2.75) is 13.1 Å². The molecule has 5 nitrogen and oxygen atoms in total. The van der Waals surface area contributed by atoms with Crippen LogP contribution in [0.2, 0.25) is 0 Å². The van der Waals surface area contributed by atoms with Crippen LogP contribution in [-0.4, -0.2) is 19.9 Å². The number of nitrogens with two attached hydrogens (primary N) is 1. The number of nitrogens with one attached hydrogen (secondary N) is 1. The zero-order chi connectivity index (χ0) is 11.2. The lowest BCUT2D eigenvalue weighted by atomic mass is 10.4. The number of nitrogen functional groups attached to an aromatic ring is 1. The molecular weight excluding hydrogens is 211 g/mol. The van der Waals surface area contributed by atoms with Crippen LogP contribution in [0.1, 0.15) is 11.6 Å². The van der Waals surface area contributed by atoms with Crippen LogP contribution < -0.4 is 5.73 Å². The molecule has 8 heteroatoms. The Morgan fingerprint density at radius 1 is 1.20 bits per heavy atom. The minimum atomic E-state index is -4.62. The molecule has 2 aromatic rings. The fraction of sp³-hybridized carbons (Fsp3) is 0.286. The third-order valence-electron chi connectivity index (χ3n) is 1.75. The van der Waals surface area contributed by atoms with Gasteiger partial charge in [-0.1, -0.05) is 0 Å². The second-order valence-corrected chi connectivity index (χ2v) is 2.95. The normalized spacial score (nSPS) is 12.3. The second-order valence-electron chi connectivity index (χ2n) is 2.95. The molecule has 0 spiro atoms. The van der Waals surface area contributed by atoms with E-state index in [1.807, 2.05) is 0 Å². The highest BCUT2D eigenvalue weighted by molar-refractivity contribution is 5.81. The molecule has 2 heterocycles. The van der Waals surface area contributed by atoms with E-state index >= 15 is 0 Å². The molecule has 0 fully saturated rings. The van der Waals surface area contributed by atoms with Gasteiger partial charge in [-0.25, -0.2) is 15.0 Å². The Morgan fingerprint density at radius 3 is 2.47 bits per heavy atom. The number of fused-ring (bicyclic) bond motifs is 1. The zero-order valence-electron chi connectivity index (χ0n) is 7.55. The summed E-state index contributed by atoms with van der Waals surface area (Å²) in [5, 5.41) is 0. The van der Waals surface area contributed by atoms with Crippen LogP contribution >= 0.6 is 0 Å². The summed E-state index contributed by atoms with van der Waals surface area (Å²) in [6, 6.07) is 0. The minimum absolute atomic E-state index is 0.0766. The van der Waals surface area contributed by atoms with E-state index in [1.165, 1.54) is 0 Å². The second kappa shape index (κ2) is 2.81. The largest absolute Gasteiger partial charge is 0.451 e. The summed E-state index contributed by atoms with van der Waals surface area (Å²) in [5.41, 5.74) is 5.49. The fourth-order valence-electron chi connectivity index (χ4n) is 1.16. The van der Waals surface area contributed by atoms with E-state index in [1.54, 1.807) is 6.92 Å². The van der Waals surface area contributed by atoms with Crippen molar-refractivity contribution in [3.8, 4) is 0 Å². The average Bonchev–Trinajstić information content (AvgIpc) is 2.44. The van der Waals surface area contributed by atoms with Gasteiger partial charge in [0.05, 0.1) is 0 Å². The first-order valence-electron chi connectivity index (χ1n) is 3.95. The number of imidazole rings is 1. The first-order valence-corrected chi connectivity index (χ1v) is 3.95. The highest BCUT2D eigenvalue weighted by Crippen LogP contribution is 2.28. The van der Waals surface area contributed by atoms with E-state index < -0.39 is 12.0 Å². The lowest BCUT2D eigenvalue weighted by molar-refractivity contribution is -0.144. The van der Waals surface area contributed by atoms with Crippen molar-refractivity contribution in [3.63, 3.8) is 0 Å². The number of alkyl halides is 3. The number of hydrogen-bond donors (Lipinski definition) is 2. The predicted octanol–water partition coefficient (Wildman–Crippen LogP) is 1.26. The highest BCUT2D eigenvalue weighted by Gasteiger charge is 2.35. The van der Waals surface area contributed by atoms with Gasteiger partial charge in [0.25, 0.3) is 0 Å². The van der Waals surface area contributed by atoms with Crippen LogP contribution in [0.5, 0.6) is 0 Å². The minimum Gasteiger partial charge on any atom is -0.382 e. The topological polar surface area (TPSA) is 80.5 Å². The van der Waals surface area contributed by atoms with Crippen LogP contribution in [0, 0.1) is 6.92 Å². The van der Waals surface area contributed by atoms with Crippen LogP contribution in [0.15, 0.2) is 0 Å². The Hall–Kier alpha value is -1.86. The maximum absolute atomic E-state index is 12.3. The van der Waals surface area contributed by atoms with Gasteiger partial charge in [-0.2, -0.15) is 13.2 Å². The van der Waals surface area contributed by atoms with Crippen LogP contribution in [0.25, 0.3) is 11.2 Å². The van der Waals surface area contributed by atoms with Crippen LogP contribution in [0.3, 0.4) is 0 Å². The summed E-state index contributed by atoms with van der Waals surface area (Å²) in [4.78, 5) is 12.9. The van der Waals surface area contributed by atoms with E-state index in [2.05, 4.69) is 19.9 Å². The SMILES string of the molecule is Cc1nc2nc(C(F)(F)F)nc(N)c2[nH]1. The average molecular weight is 217 g/mol. The third kappa shape index (κ3) is 1.58. The number of aryl methyl sites for hydroxylation is 1. The van der Waals surface area contributed by atoms with Crippen molar-refractivity contribution in [2.75, 3.05) is 5.73 Å². The van der Waals surface area contributed by atoms with Crippen molar-refractivity contribution >= 4 is 17.0 Å². The molecule has 0 radical (unpaired) electrons. The summed E-state index contributed by atoms with van der Waals surface area (Å²) in [6.07, 6.45) is -4.62. The molecule has 0 unspecified atom stereocenters. The van der Waals surface area contributed by atoms with Crippen LogP contribution in [0.4, 0.5) is 19.0 Å². The Bertz CT molecular complexity index is 515. The molecule has 0 aliphatic heterocycles. The molecule has 15 heavy (non-hydrogen) atoms. The third-order valence-corrected chi connectivity index (χ3v) is 1.75. The molecule has 80 valence electrons. The van der Waals surface area contributed by atoms with Gasteiger partial charge < -0.3 is 10.7 Å². The van der Waals surface area contributed by atoms with Gasteiger partial charge in [-0.3, -0.25) is 0 Å². The Morgan fingerprint density at radius 2 is 1.87 bits per heavy atom. The van der Waals surface area contributed by atoms with E-state index in [4.69, 9.17) is 5.73 Å². The molecule has 0 saturated heterocycles. The van der Waals surface area contributed by atoms with Crippen LogP contribution in [-0.2, 0) is 6.18 Å². The molecule has 2 aromatic heterocycles. The molecule has 3 N–H and O–H groups in total. The molecular formula is C7H6F3N5. The Labute approximate surface area is 81.5 Å². The standard InChI is InChI=1S/C7H6F3N5/c1-2-12-3-4(11)14-6(7(8,9)10)15-5(3)13-2/h1H3,(H3,11,12,13,14,15).